The average molecular weight is 381 g/mol. The Morgan fingerprint density at radius 2 is 1.72 bits per heavy atom. The van der Waals surface area contributed by atoms with Crippen molar-refractivity contribution in [3.05, 3.63) is 72.4 Å². The number of nitrogen functional groups attached to an aromatic ring is 1. The number of hydrogen-bond donors (Lipinski definition) is 1. The fourth-order valence-electron chi connectivity index (χ4n) is 3.59. The zero-order chi connectivity index (χ0) is 20.0. The van der Waals surface area contributed by atoms with Gasteiger partial charge in [-0.25, -0.2) is 24.9 Å². The molecule has 0 amide bonds. The van der Waals surface area contributed by atoms with E-state index in [-0.39, 0.29) is 6.04 Å². The highest BCUT2D eigenvalue weighted by Crippen LogP contribution is 2.31. The predicted molar refractivity (Wildman–Crippen MR) is 113 cm³/mol. The molecule has 0 bridgehead atoms. The zero-order valence-corrected chi connectivity index (χ0v) is 16.1. The van der Waals surface area contributed by atoms with Crippen LogP contribution in [0.15, 0.2) is 61.2 Å². The molecule has 0 radical (unpaired) electrons. The molecule has 5 rings (SSSR count). The molecule has 1 atom stereocenters. The summed E-state index contributed by atoms with van der Waals surface area (Å²) in [5.74, 6) is 0.365. The van der Waals surface area contributed by atoms with Gasteiger partial charge in [0.1, 0.15) is 11.8 Å². The standard InChI is InChI=1S/C22H19N7/c1-13-6-5-7-15(10-13)19-18(27-16-8-3-4-9-17(16)28-19)14(2)29-12-26-20-21(23)24-11-25-22(20)29/h3-12,14H,1-2H3,(H2,23,24,25). The number of para-hydroxylation sites is 2. The molecule has 2 aromatic carbocycles. The van der Waals surface area contributed by atoms with Crippen molar-refractivity contribution in [1.29, 1.82) is 0 Å². The molecule has 0 saturated carbocycles. The largest absolute Gasteiger partial charge is 0.382 e. The smallest absolute Gasteiger partial charge is 0.166 e. The Hall–Kier alpha value is -3.87. The van der Waals surface area contributed by atoms with Crippen LogP contribution in [0.1, 0.15) is 24.2 Å². The Balaban J connectivity index is 1.76. The Kier molecular flexibility index (Phi) is 3.94. The van der Waals surface area contributed by atoms with E-state index >= 15 is 0 Å². The molecular weight excluding hydrogens is 362 g/mol. The fraction of sp³-hybridized carbons (Fsp3) is 0.136. The number of nitrogens with zero attached hydrogens (tertiary/aromatic N) is 6. The topological polar surface area (TPSA) is 95.4 Å². The number of anilines is 1. The van der Waals surface area contributed by atoms with Crippen molar-refractivity contribution in [2.45, 2.75) is 19.9 Å². The van der Waals surface area contributed by atoms with Crippen LogP contribution in [-0.4, -0.2) is 29.5 Å². The van der Waals surface area contributed by atoms with Gasteiger partial charge < -0.3 is 10.3 Å². The van der Waals surface area contributed by atoms with Crippen LogP contribution < -0.4 is 5.73 Å². The number of nitrogens with two attached hydrogens (primary N) is 1. The number of aryl methyl sites for hydroxylation is 1. The van der Waals surface area contributed by atoms with Gasteiger partial charge in [0, 0.05) is 5.56 Å². The first-order valence-corrected chi connectivity index (χ1v) is 9.38. The van der Waals surface area contributed by atoms with E-state index in [1.807, 2.05) is 34.9 Å². The van der Waals surface area contributed by atoms with Crippen LogP contribution in [0.4, 0.5) is 5.82 Å². The molecule has 1 unspecified atom stereocenters. The van der Waals surface area contributed by atoms with E-state index in [1.165, 1.54) is 11.9 Å². The van der Waals surface area contributed by atoms with Gasteiger partial charge in [-0.3, -0.25) is 0 Å². The second-order valence-corrected chi connectivity index (χ2v) is 7.07. The summed E-state index contributed by atoms with van der Waals surface area (Å²) in [5, 5.41) is 0. The predicted octanol–water partition coefficient (Wildman–Crippen LogP) is 3.94. The van der Waals surface area contributed by atoms with Gasteiger partial charge in [-0.05, 0) is 32.0 Å². The van der Waals surface area contributed by atoms with Gasteiger partial charge in [0.25, 0.3) is 0 Å². The molecule has 7 nitrogen and oxygen atoms in total. The molecule has 0 spiro atoms. The molecule has 0 fully saturated rings. The third kappa shape index (κ3) is 2.87. The van der Waals surface area contributed by atoms with Crippen molar-refractivity contribution in [3.63, 3.8) is 0 Å². The van der Waals surface area contributed by atoms with Crippen LogP contribution in [0.2, 0.25) is 0 Å². The highest BCUT2D eigenvalue weighted by atomic mass is 15.2. The SMILES string of the molecule is Cc1cccc(-c2nc3ccccc3nc2C(C)n2cnc3c(N)ncnc32)c1. The van der Waals surface area contributed by atoms with Gasteiger partial charge in [0.15, 0.2) is 11.5 Å². The summed E-state index contributed by atoms with van der Waals surface area (Å²) in [6.45, 7) is 4.14. The number of imidazole rings is 1. The van der Waals surface area contributed by atoms with Crippen molar-refractivity contribution in [2.75, 3.05) is 5.73 Å². The van der Waals surface area contributed by atoms with Crippen LogP contribution in [0.5, 0.6) is 0 Å². The molecule has 5 aromatic rings. The fourth-order valence-corrected chi connectivity index (χ4v) is 3.59. The first kappa shape index (κ1) is 17.2. The van der Waals surface area contributed by atoms with Crippen LogP contribution in [0.3, 0.4) is 0 Å². The molecule has 142 valence electrons. The summed E-state index contributed by atoms with van der Waals surface area (Å²) in [7, 11) is 0. The van der Waals surface area contributed by atoms with Crippen LogP contribution >= 0.6 is 0 Å². The van der Waals surface area contributed by atoms with Gasteiger partial charge in [-0.15, -0.1) is 0 Å². The van der Waals surface area contributed by atoms with E-state index in [4.69, 9.17) is 15.7 Å². The second-order valence-electron chi connectivity index (χ2n) is 7.07. The normalized spacial score (nSPS) is 12.5. The molecule has 0 aliphatic rings. The number of rotatable bonds is 3. The van der Waals surface area contributed by atoms with E-state index < -0.39 is 0 Å². The molecule has 3 heterocycles. The minimum absolute atomic E-state index is 0.151. The third-order valence-corrected chi connectivity index (χ3v) is 5.09. The highest BCUT2D eigenvalue weighted by Gasteiger charge is 2.21. The lowest BCUT2D eigenvalue weighted by Crippen LogP contribution is -2.11. The lowest BCUT2D eigenvalue weighted by atomic mass is 10.0. The third-order valence-electron chi connectivity index (χ3n) is 5.09. The minimum Gasteiger partial charge on any atom is -0.382 e. The first-order valence-electron chi connectivity index (χ1n) is 9.38. The lowest BCUT2D eigenvalue weighted by Gasteiger charge is -2.18. The van der Waals surface area contributed by atoms with Gasteiger partial charge in [-0.1, -0.05) is 35.9 Å². The monoisotopic (exact) mass is 381 g/mol. The number of fused-ring (bicyclic) bond motifs is 2. The van der Waals surface area contributed by atoms with Gasteiger partial charge >= 0.3 is 0 Å². The molecule has 0 aliphatic heterocycles. The van der Waals surface area contributed by atoms with Gasteiger partial charge in [-0.2, -0.15) is 0 Å². The van der Waals surface area contributed by atoms with Crippen LogP contribution in [0, 0.1) is 6.92 Å². The number of aromatic nitrogens is 6. The van der Waals surface area contributed by atoms with Crippen molar-refractivity contribution >= 4 is 28.0 Å². The number of benzene rings is 2. The van der Waals surface area contributed by atoms with Crippen LogP contribution in [-0.2, 0) is 0 Å². The summed E-state index contributed by atoms with van der Waals surface area (Å²) in [4.78, 5) is 22.8. The summed E-state index contributed by atoms with van der Waals surface area (Å²) in [6.07, 6.45) is 3.19. The summed E-state index contributed by atoms with van der Waals surface area (Å²) >= 11 is 0. The molecule has 0 aliphatic carbocycles. The molecule has 2 N–H and O–H groups in total. The van der Waals surface area contributed by atoms with Gasteiger partial charge in [0.2, 0.25) is 0 Å². The number of hydrogen-bond acceptors (Lipinski definition) is 6. The Bertz CT molecular complexity index is 1360. The van der Waals surface area contributed by atoms with E-state index in [1.54, 1.807) is 6.33 Å². The van der Waals surface area contributed by atoms with Crippen LogP contribution in [0.25, 0.3) is 33.5 Å². The van der Waals surface area contributed by atoms with E-state index in [0.717, 1.165) is 28.0 Å². The summed E-state index contributed by atoms with van der Waals surface area (Å²) < 4.78 is 1.96. The summed E-state index contributed by atoms with van der Waals surface area (Å²) in [6, 6.07) is 16.1. The maximum atomic E-state index is 5.97. The van der Waals surface area contributed by atoms with E-state index in [2.05, 4.69) is 47.0 Å². The maximum Gasteiger partial charge on any atom is 0.166 e. The van der Waals surface area contributed by atoms with Crippen molar-refractivity contribution < 1.29 is 0 Å². The van der Waals surface area contributed by atoms with Crippen molar-refractivity contribution in [3.8, 4) is 11.3 Å². The van der Waals surface area contributed by atoms with E-state index in [0.29, 0.717) is 17.0 Å². The maximum absolute atomic E-state index is 5.97. The Labute approximate surface area is 167 Å². The summed E-state index contributed by atoms with van der Waals surface area (Å²) in [5.41, 5.74) is 12.8. The highest BCUT2D eigenvalue weighted by molar-refractivity contribution is 5.82. The van der Waals surface area contributed by atoms with E-state index in [9.17, 15) is 0 Å². The molecular formula is C22H19N7. The van der Waals surface area contributed by atoms with Crippen molar-refractivity contribution in [1.82, 2.24) is 29.5 Å². The first-order chi connectivity index (χ1) is 14.1. The lowest BCUT2D eigenvalue weighted by molar-refractivity contribution is 0.634. The molecule has 7 heteroatoms. The quantitative estimate of drug-likeness (QED) is 0.509. The second kappa shape index (κ2) is 6.63. The van der Waals surface area contributed by atoms with Gasteiger partial charge in [0.05, 0.1) is 34.8 Å². The molecule has 3 aromatic heterocycles. The Morgan fingerprint density at radius 1 is 0.931 bits per heavy atom. The minimum atomic E-state index is -0.151. The Morgan fingerprint density at radius 3 is 2.52 bits per heavy atom. The zero-order valence-electron chi connectivity index (χ0n) is 16.1. The van der Waals surface area contributed by atoms with Crippen molar-refractivity contribution in [2.24, 2.45) is 0 Å². The molecule has 29 heavy (non-hydrogen) atoms. The molecule has 0 saturated heterocycles. The average Bonchev–Trinajstić information content (AvgIpc) is 3.18.